The lowest BCUT2D eigenvalue weighted by atomic mass is 10.3. The fourth-order valence-corrected chi connectivity index (χ4v) is 3.20. The van der Waals surface area contributed by atoms with Crippen LogP contribution in [-0.4, -0.2) is 45.3 Å². The molecule has 8 heteroatoms. The van der Waals surface area contributed by atoms with Crippen molar-refractivity contribution in [2.75, 3.05) is 14.2 Å². The second-order valence-corrected chi connectivity index (χ2v) is 6.17. The highest BCUT2D eigenvalue weighted by molar-refractivity contribution is 5.86. The summed E-state index contributed by atoms with van der Waals surface area (Å²) < 4.78 is 13.2. The lowest BCUT2D eigenvalue weighted by Gasteiger charge is -2.10. The summed E-state index contributed by atoms with van der Waals surface area (Å²) in [5.74, 6) is 0.151. The number of carbonyl (C=O) groups excluding carboxylic acids is 2. The van der Waals surface area contributed by atoms with Gasteiger partial charge in [-0.2, -0.15) is 0 Å². The summed E-state index contributed by atoms with van der Waals surface area (Å²) in [4.78, 5) is 33.4. The molecule has 0 aliphatic rings. The fourth-order valence-electron chi connectivity index (χ4n) is 3.20. The van der Waals surface area contributed by atoms with Crippen LogP contribution in [0.25, 0.3) is 33.7 Å². The molecule has 2 heterocycles. The maximum atomic E-state index is 12.0. The van der Waals surface area contributed by atoms with Gasteiger partial charge in [0, 0.05) is 0 Å². The van der Waals surface area contributed by atoms with Crippen molar-refractivity contribution in [1.82, 2.24) is 19.1 Å². The molecule has 0 atom stereocenters. The first-order valence-corrected chi connectivity index (χ1v) is 8.67. The molecule has 0 spiro atoms. The molecule has 8 nitrogen and oxygen atoms in total. The first kappa shape index (κ1) is 17.7. The number of hydrogen-bond donors (Lipinski definition) is 0. The maximum absolute atomic E-state index is 12.0. The SMILES string of the molecule is COC(=O)Cn1c(-c2nc3ccccc3n2CC(=O)OC)nc2ccccc21. The van der Waals surface area contributed by atoms with Gasteiger partial charge in [0.05, 0.1) is 36.3 Å². The number of carbonyl (C=O) groups is 2. The second-order valence-electron chi connectivity index (χ2n) is 6.17. The van der Waals surface area contributed by atoms with Crippen molar-refractivity contribution < 1.29 is 19.1 Å². The van der Waals surface area contributed by atoms with Crippen molar-refractivity contribution in [2.45, 2.75) is 13.1 Å². The third kappa shape index (κ3) is 2.98. The first-order valence-electron chi connectivity index (χ1n) is 8.67. The van der Waals surface area contributed by atoms with E-state index in [4.69, 9.17) is 9.47 Å². The number of esters is 2. The topological polar surface area (TPSA) is 88.2 Å². The van der Waals surface area contributed by atoms with Gasteiger partial charge in [0.1, 0.15) is 13.1 Å². The van der Waals surface area contributed by atoms with Gasteiger partial charge in [-0.25, -0.2) is 9.97 Å². The zero-order valence-corrected chi connectivity index (χ0v) is 15.5. The van der Waals surface area contributed by atoms with Crippen molar-refractivity contribution in [3.05, 3.63) is 48.5 Å². The van der Waals surface area contributed by atoms with Crippen LogP contribution in [-0.2, 0) is 32.2 Å². The molecule has 0 fully saturated rings. The van der Waals surface area contributed by atoms with Crippen LogP contribution < -0.4 is 0 Å². The Kier molecular flexibility index (Phi) is 4.52. The van der Waals surface area contributed by atoms with E-state index in [-0.39, 0.29) is 13.1 Å². The summed E-state index contributed by atoms with van der Waals surface area (Å²) in [5.41, 5.74) is 3.00. The van der Waals surface area contributed by atoms with E-state index in [0.29, 0.717) is 11.6 Å². The molecule has 0 unspecified atom stereocenters. The maximum Gasteiger partial charge on any atom is 0.325 e. The molecule has 4 rings (SSSR count). The van der Waals surface area contributed by atoms with Crippen molar-refractivity contribution in [3.8, 4) is 11.6 Å². The van der Waals surface area contributed by atoms with E-state index in [1.54, 1.807) is 9.13 Å². The zero-order valence-electron chi connectivity index (χ0n) is 15.5. The summed E-state index contributed by atoms with van der Waals surface area (Å²) >= 11 is 0. The van der Waals surface area contributed by atoms with E-state index in [9.17, 15) is 9.59 Å². The Morgan fingerprint density at radius 1 is 0.750 bits per heavy atom. The van der Waals surface area contributed by atoms with Crippen LogP contribution in [0.5, 0.6) is 0 Å². The minimum Gasteiger partial charge on any atom is -0.468 e. The number of ether oxygens (including phenoxy) is 2. The highest BCUT2D eigenvalue weighted by atomic mass is 16.5. The second kappa shape index (κ2) is 7.15. The molecule has 28 heavy (non-hydrogen) atoms. The van der Waals surface area contributed by atoms with Crippen LogP contribution >= 0.6 is 0 Å². The van der Waals surface area contributed by atoms with E-state index in [1.807, 2.05) is 48.5 Å². The van der Waals surface area contributed by atoms with Crippen molar-refractivity contribution >= 4 is 34.0 Å². The summed E-state index contributed by atoms with van der Waals surface area (Å²) in [6, 6.07) is 15.0. The first-order chi connectivity index (χ1) is 13.6. The summed E-state index contributed by atoms with van der Waals surface area (Å²) in [6.07, 6.45) is 0. The normalized spacial score (nSPS) is 11.1. The molecule has 4 aromatic rings. The molecule has 0 saturated carbocycles. The van der Waals surface area contributed by atoms with Gasteiger partial charge in [-0.15, -0.1) is 0 Å². The van der Waals surface area contributed by atoms with Gasteiger partial charge in [-0.05, 0) is 24.3 Å². The van der Waals surface area contributed by atoms with Crippen LogP contribution in [0.3, 0.4) is 0 Å². The summed E-state index contributed by atoms with van der Waals surface area (Å²) in [7, 11) is 2.68. The third-order valence-electron chi connectivity index (χ3n) is 4.54. The van der Waals surface area contributed by atoms with E-state index in [2.05, 4.69) is 9.97 Å². The Morgan fingerprint density at radius 3 is 1.54 bits per heavy atom. The number of para-hydroxylation sites is 4. The van der Waals surface area contributed by atoms with Crippen LogP contribution in [0.15, 0.2) is 48.5 Å². The van der Waals surface area contributed by atoms with Crippen LogP contribution in [0.1, 0.15) is 0 Å². The monoisotopic (exact) mass is 378 g/mol. The molecule has 0 saturated heterocycles. The predicted molar refractivity (Wildman–Crippen MR) is 102 cm³/mol. The largest absolute Gasteiger partial charge is 0.468 e. The fraction of sp³-hybridized carbons (Fsp3) is 0.200. The van der Waals surface area contributed by atoms with E-state index < -0.39 is 11.9 Å². The Balaban J connectivity index is 1.98. The molecule has 2 aromatic carbocycles. The number of benzene rings is 2. The van der Waals surface area contributed by atoms with Crippen molar-refractivity contribution in [3.63, 3.8) is 0 Å². The number of rotatable bonds is 5. The molecule has 2 aromatic heterocycles. The van der Waals surface area contributed by atoms with Gasteiger partial charge < -0.3 is 18.6 Å². The molecule has 0 aliphatic heterocycles. The van der Waals surface area contributed by atoms with Crippen LogP contribution in [0, 0.1) is 0 Å². The van der Waals surface area contributed by atoms with Gasteiger partial charge in [0.2, 0.25) is 0 Å². The molecule has 0 N–H and O–H groups in total. The van der Waals surface area contributed by atoms with Crippen LogP contribution in [0.4, 0.5) is 0 Å². The quantitative estimate of drug-likeness (QED) is 0.496. The standard InChI is InChI=1S/C20H18N4O4/c1-27-17(25)11-23-15-9-5-3-7-13(15)21-19(23)20-22-14-8-4-6-10-16(14)24(20)12-18(26)28-2/h3-10H,11-12H2,1-2H3. The predicted octanol–water partition coefficient (Wildman–Crippen LogP) is 2.40. The molecular formula is C20H18N4O4. The Bertz CT molecular complexity index is 1100. The molecule has 0 aliphatic carbocycles. The Labute approximate surface area is 160 Å². The van der Waals surface area contributed by atoms with Crippen LogP contribution in [0.2, 0.25) is 0 Å². The number of methoxy groups -OCH3 is 2. The molecule has 142 valence electrons. The molecule has 0 radical (unpaired) electrons. The lowest BCUT2D eigenvalue weighted by molar-refractivity contribution is -0.142. The number of aromatic nitrogens is 4. The number of hydrogen-bond acceptors (Lipinski definition) is 6. The van der Waals surface area contributed by atoms with Gasteiger partial charge in [0.25, 0.3) is 0 Å². The zero-order chi connectivity index (χ0) is 19.7. The van der Waals surface area contributed by atoms with Gasteiger partial charge >= 0.3 is 11.9 Å². The van der Waals surface area contributed by atoms with E-state index >= 15 is 0 Å². The van der Waals surface area contributed by atoms with Crippen molar-refractivity contribution in [2.24, 2.45) is 0 Å². The highest BCUT2D eigenvalue weighted by Crippen LogP contribution is 2.28. The number of imidazole rings is 2. The summed E-state index contributed by atoms with van der Waals surface area (Å²) in [6.45, 7) is -0.0401. The Morgan fingerprint density at radius 2 is 1.14 bits per heavy atom. The average molecular weight is 378 g/mol. The lowest BCUT2D eigenvalue weighted by Crippen LogP contribution is -2.16. The highest BCUT2D eigenvalue weighted by Gasteiger charge is 2.22. The smallest absolute Gasteiger partial charge is 0.325 e. The molecule has 0 amide bonds. The van der Waals surface area contributed by atoms with Gasteiger partial charge in [0.15, 0.2) is 11.6 Å². The van der Waals surface area contributed by atoms with E-state index in [1.165, 1.54) is 14.2 Å². The minimum absolute atomic E-state index is 0.0201. The molecular weight excluding hydrogens is 360 g/mol. The van der Waals surface area contributed by atoms with E-state index in [0.717, 1.165) is 22.1 Å². The number of fused-ring (bicyclic) bond motifs is 2. The molecule has 0 bridgehead atoms. The minimum atomic E-state index is -0.403. The summed E-state index contributed by atoms with van der Waals surface area (Å²) in [5, 5.41) is 0. The third-order valence-corrected chi connectivity index (χ3v) is 4.54. The Hall–Kier alpha value is -3.68. The van der Waals surface area contributed by atoms with Gasteiger partial charge in [-0.1, -0.05) is 24.3 Å². The van der Waals surface area contributed by atoms with Crippen molar-refractivity contribution in [1.29, 1.82) is 0 Å². The average Bonchev–Trinajstić information content (AvgIpc) is 3.26. The van der Waals surface area contributed by atoms with Gasteiger partial charge in [-0.3, -0.25) is 9.59 Å². The number of nitrogens with zero attached hydrogens (tertiary/aromatic N) is 4.